The molecule has 2 aliphatic rings. The van der Waals surface area contributed by atoms with E-state index in [2.05, 4.69) is 11.8 Å². The van der Waals surface area contributed by atoms with E-state index in [9.17, 15) is 0 Å². The highest BCUT2D eigenvalue weighted by molar-refractivity contribution is 4.79. The Morgan fingerprint density at radius 3 is 2.88 bits per heavy atom. The maximum Gasteiger partial charge on any atom is 0.0576 e. The number of likely N-dealkylation sites (tertiary alicyclic amines) is 1. The minimum atomic E-state index is 0.556. The zero-order valence-corrected chi connectivity index (χ0v) is 11.2. The van der Waals surface area contributed by atoms with Gasteiger partial charge in [-0.15, -0.1) is 0 Å². The van der Waals surface area contributed by atoms with Gasteiger partial charge in [0.15, 0.2) is 0 Å². The van der Waals surface area contributed by atoms with Gasteiger partial charge in [-0.05, 0) is 64.5 Å². The lowest BCUT2D eigenvalue weighted by molar-refractivity contribution is 0.0855. The van der Waals surface area contributed by atoms with Crippen molar-refractivity contribution in [3.63, 3.8) is 0 Å². The zero-order chi connectivity index (χ0) is 12.1. The Hall–Kier alpha value is -0.120. The molecule has 0 aromatic carbocycles. The lowest BCUT2D eigenvalue weighted by Gasteiger charge is -2.37. The predicted molar refractivity (Wildman–Crippen MR) is 71.0 cm³/mol. The Kier molecular flexibility index (Phi) is 5.26. The van der Waals surface area contributed by atoms with Crippen LogP contribution in [0.2, 0.25) is 0 Å². The van der Waals surface area contributed by atoms with Crippen LogP contribution in [0.4, 0.5) is 0 Å². The third-order valence-corrected chi connectivity index (χ3v) is 4.44. The molecule has 2 rings (SSSR count). The predicted octanol–water partition coefficient (Wildman–Crippen LogP) is 2.00. The molecule has 0 spiro atoms. The molecule has 3 heteroatoms. The van der Waals surface area contributed by atoms with Gasteiger partial charge in [-0.3, -0.25) is 0 Å². The lowest BCUT2D eigenvalue weighted by Crippen LogP contribution is -2.44. The van der Waals surface area contributed by atoms with Gasteiger partial charge in [-0.25, -0.2) is 0 Å². The lowest BCUT2D eigenvalue weighted by atomic mass is 9.93. The van der Waals surface area contributed by atoms with E-state index in [1.54, 1.807) is 0 Å². The average molecular weight is 240 g/mol. The highest BCUT2D eigenvalue weighted by atomic mass is 16.5. The van der Waals surface area contributed by atoms with Gasteiger partial charge in [0, 0.05) is 19.2 Å². The van der Waals surface area contributed by atoms with Crippen molar-refractivity contribution in [2.45, 2.75) is 57.6 Å². The highest BCUT2D eigenvalue weighted by Crippen LogP contribution is 2.22. The zero-order valence-electron chi connectivity index (χ0n) is 11.2. The normalized spacial score (nSPS) is 35.3. The van der Waals surface area contributed by atoms with Crippen LogP contribution in [0.15, 0.2) is 0 Å². The first-order chi connectivity index (χ1) is 8.29. The van der Waals surface area contributed by atoms with Gasteiger partial charge in [0.25, 0.3) is 0 Å². The molecule has 3 nitrogen and oxygen atoms in total. The fraction of sp³-hybridized carbons (Fsp3) is 1.00. The molecule has 0 aromatic rings. The van der Waals surface area contributed by atoms with E-state index in [4.69, 9.17) is 10.5 Å². The number of nitrogens with zero attached hydrogens (tertiary/aromatic N) is 1. The van der Waals surface area contributed by atoms with Crippen LogP contribution in [0.25, 0.3) is 0 Å². The van der Waals surface area contributed by atoms with Crippen LogP contribution in [0, 0.1) is 5.92 Å². The Bertz CT molecular complexity index is 216. The van der Waals surface area contributed by atoms with Crippen molar-refractivity contribution >= 4 is 0 Å². The molecule has 2 aliphatic heterocycles. The minimum absolute atomic E-state index is 0.556. The van der Waals surface area contributed by atoms with Crippen LogP contribution in [-0.4, -0.2) is 43.3 Å². The molecule has 0 saturated carbocycles. The van der Waals surface area contributed by atoms with Gasteiger partial charge in [0.2, 0.25) is 0 Å². The minimum Gasteiger partial charge on any atom is -0.378 e. The molecule has 0 radical (unpaired) electrons. The molecule has 2 saturated heterocycles. The van der Waals surface area contributed by atoms with Gasteiger partial charge in [0.05, 0.1) is 6.10 Å². The Labute approximate surface area is 106 Å². The van der Waals surface area contributed by atoms with Crippen molar-refractivity contribution in [3.8, 4) is 0 Å². The van der Waals surface area contributed by atoms with Gasteiger partial charge in [-0.1, -0.05) is 0 Å². The second-order valence-corrected chi connectivity index (χ2v) is 5.80. The average Bonchev–Trinajstić information content (AvgIpc) is 2.84. The van der Waals surface area contributed by atoms with Crippen molar-refractivity contribution in [2.75, 3.05) is 26.2 Å². The Morgan fingerprint density at radius 2 is 2.18 bits per heavy atom. The van der Waals surface area contributed by atoms with Crippen molar-refractivity contribution in [1.29, 1.82) is 0 Å². The summed E-state index contributed by atoms with van der Waals surface area (Å²) in [5.74, 6) is 0.730. The third-order valence-electron chi connectivity index (χ3n) is 4.44. The molecule has 3 unspecified atom stereocenters. The number of hydrogen-bond acceptors (Lipinski definition) is 3. The summed E-state index contributed by atoms with van der Waals surface area (Å²) in [6.45, 7) is 6.65. The van der Waals surface area contributed by atoms with Gasteiger partial charge in [0.1, 0.15) is 0 Å². The van der Waals surface area contributed by atoms with Crippen LogP contribution in [0.3, 0.4) is 0 Å². The molecular formula is C14H28N2O. The van der Waals surface area contributed by atoms with E-state index in [1.807, 2.05) is 0 Å². The molecule has 100 valence electrons. The van der Waals surface area contributed by atoms with Crippen molar-refractivity contribution in [3.05, 3.63) is 0 Å². The molecular weight excluding hydrogens is 212 g/mol. The summed E-state index contributed by atoms with van der Waals surface area (Å²) >= 11 is 0. The van der Waals surface area contributed by atoms with Gasteiger partial charge >= 0.3 is 0 Å². The molecule has 0 aromatic heterocycles. The van der Waals surface area contributed by atoms with E-state index in [0.717, 1.165) is 25.1 Å². The first kappa shape index (κ1) is 13.3. The van der Waals surface area contributed by atoms with Crippen molar-refractivity contribution in [1.82, 2.24) is 4.90 Å². The quantitative estimate of drug-likeness (QED) is 0.799. The number of ether oxygens (including phenoxy) is 1. The summed E-state index contributed by atoms with van der Waals surface area (Å²) in [6, 6.07) is 0.752. The van der Waals surface area contributed by atoms with Crippen LogP contribution < -0.4 is 5.73 Å². The van der Waals surface area contributed by atoms with Crippen LogP contribution in [-0.2, 0) is 4.74 Å². The molecule has 2 fully saturated rings. The molecule has 0 aliphatic carbocycles. The first-order valence-electron chi connectivity index (χ1n) is 7.35. The third kappa shape index (κ3) is 3.94. The first-order valence-corrected chi connectivity index (χ1v) is 7.35. The van der Waals surface area contributed by atoms with E-state index in [0.29, 0.717) is 6.10 Å². The summed E-state index contributed by atoms with van der Waals surface area (Å²) < 4.78 is 5.67. The van der Waals surface area contributed by atoms with Crippen molar-refractivity contribution in [2.24, 2.45) is 11.7 Å². The number of nitrogens with two attached hydrogens (primary N) is 1. The summed E-state index contributed by atoms with van der Waals surface area (Å²) in [4.78, 5) is 2.63. The summed E-state index contributed by atoms with van der Waals surface area (Å²) in [7, 11) is 0. The standard InChI is InChI=1S/C14H28N2O/c1-12-6-7-13(10-15)11-16(12)8-2-4-14-5-3-9-17-14/h12-14H,2-11,15H2,1H3. The molecule has 3 atom stereocenters. The van der Waals surface area contributed by atoms with E-state index in [1.165, 1.54) is 51.6 Å². The second-order valence-electron chi connectivity index (χ2n) is 5.80. The van der Waals surface area contributed by atoms with Crippen molar-refractivity contribution < 1.29 is 4.74 Å². The summed E-state index contributed by atoms with van der Waals surface area (Å²) in [5.41, 5.74) is 5.79. The van der Waals surface area contributed by atoms with Crippen LogP contribution in [0.1, 0.15) is 45.4 Å². The summed E-state index contributed by atoms with van der Waals surface area (Å²) in [5, 5.41) is 0. The largest absolute Gasteiger partial charge is 0.378 e. The molecule has 2 heterocycles. The molecule has 0 amide bonds. The number of piperidine rings is 1. The fourth-order valence-corrected chi connectivity index (χ4v) is 3.16. The van der Waals surface area contributed by atoms with E-state index >= 15 is 0 Å². The number of hydrogen-bond donors (Lipinski definition) is 1. The van der Waals surface area contributed by atoms with Gasteiger partial charge < -0.3 is 15.4 Å². The second kappa shape index (κ2) is 6.72. The molecule has 0 bridgehead atoms. The smallest absolute Gasteiger partial charge is 0.0576 e. The SMILES string of the molecule is CC1CCC(CN)CN1CCCC1CCCO1. The summed E-state index contributed by atoms with van der Waals surface area (Å²) in [6.07, 6.45) is 8.27. The van der Waals surface area contributed by atoms with Gasteiger partial charge in [-0.2, -0.15) is 0 Å². The highest BCUT2D eigenvalue weighted by Gasteiger charge is 2.24. The van der Waals surface area contributed by atoms with E-state index in [-0.39, 0.29) is 0 Å². The molecule has 2 N–H and O–H groups in total. The fourth-order valence-electron chi connectivity index (χ4n) is 3.16. The maximum absolute atomic E-state index is 5.79. The Morgan fingerprint density at radius 1 is 1.29 bits per heavy atom. The monoisotopic (exact) mass is 240 g/mol. The topological polar surface area (TPSA) is 38.5 Å². The Balaban J connectivity index is 1.65. The van der Waals surface area contributed by atoms with E-state index < -0.39 is 0 Å². The van der Waals surface area contributed by atoms with Crippen LogP contribution >= 0.6 is 0 Å². The maximum atomic E-state index is 5.79. The van der Waals surface area contributed by atoms with Crippen LogP contribution in [0.5, 0.6) is 0 Å². The number of rotatable bonds is 5. The molecule has 17 heavy (non-hydrogen) atoms.